The van der Waals surface area contributed by atoms with Gasteiger partial charge in [0.1, 0.15) is 0 Å². The van der Waals surface area contributed by atoms with Gasteiger partial charge in [0, 0.05) is 10.2 Å². The Balaban J connectivity index is 3.40. The van der Waals surface area contributed by atoms with Crippen molar-refractivity contribution in [3.8, 4) is 0 Å². The molecule has 1 nitrogen and oxygen atoms in total. The number of hydrogen-bond acceptors (Lipinski definition) is 1. The standard InChI is InChI=1S/C10H14BrN/c1-4-8-7(3)10(12)6(2)5-9(8)11/h5H,4,12H2,1-3H3. The Bertz CT molecular complexity index is 305. The quantitative estimate of drug-likeness (QED) is 0.734. The van der Waals surface area contributed by atoms with Crippen LogP contribution in [0.2, 0.25) is 0 Å². The maximum absolute atomic E-state index is 5.91. The van der Waals surface area contributed by atoms with E-state index in [4.69, 9.17) is 5.73 Å². The summed E-state index contributed by atoms with van der Waals surface area (Å²) in [6.45, 7) is 6.25. The Kier molecular flexibility index (Phi) is 2.78. The molecule has 0 spiro atoms. The molecule has 66 valence electrons. The summed E-state index contributed by atoms with van der Waals surface area (Å²) in [5.41, 5.74) is 10.5. The van der Waals surface area contributed by atoms with E-state index in [1.165, 1.54) is 15.6 Å². The lowest BCUT2D eigenvalue weighted by molar-refractivity contribution is 1.09. The van der Waals surface area contributed by atoms with Crippen molar-refractivity contribution in [1.29, 1.82) is 0 Å². The lowest BCUT2D eigenvalue weighted by atomic mass is 10.0. The lowest BCUT2D eigenvalue weighted by Gasteiger charge is -2.11. The van der Waals surface area contributed by atoms with Crippen LogP contribution < -0.4 is 5.73 Å². The molecule has 2 heteroatoms. The van der Waals surface area contributed by atoms with Crippen LogP contribution in [-0.4, -0.2) is 0 Å². The van der Waals surface area contributed by atoms with Crippen LogP contribution in [0.15, 0.2) is 10.5 Å². The molecule has 12 heavy (non-hydrogen) atoms. The van der Waals surface area contributed by atoms with Gasteiger partial charge in [-0.05, 0) is 43.0 Å². The highest BCUT2D eigenvalue weighted by Gasteiger charge is 2.06. The molecule has 1 aromatic carbocycles. The third kappa shape index (κ3) is 1.48. The summed E-state index contributed by atoms with van der Waals surface area (Å²) in [4.78, 5) is 0. The van der Waals surface area contributed by atoms with Gasteiger partial charge in [0.2, 0.25) is 0 Å². The Morgan fingerprint density at radius 2 is 2.00 bits per heavy atom. The maximum Gasteiger partial charge on any atom is 0.0377 e. The predicted molar refractivity (Wildman–Crippen MR) is 57.4 cm³/mol. The van der Waals surface area contributed by atoms with Crippen LogP contribution in [0.4, 0.5) is 5.69 Å². The number of aryl methyl sites for hydroxylation is 1. The third-order valence-corrected chi connectivity index (χ3v) is 2.97. The fraction of sp³-hybridized carbons (Fsp3) is 0.400. The molecule has 0 aliphatic rings. The molecule has 0 saturated heterocycles. The van der Waals surface area contributed by atoms with Gasteiger partial charge in [-0.15, -0.1) is 0 Å². The van der Waals surface area contributed by atoms with Crippen molar-refractivity contribution in [2.24, 2.45) is 0 Å². The molecule has 0 aliphatic carbocycles. The molecular weight excluding hydrogens is 214 g/mol. The molecule has 0 amide bonds. The SMILES string of the molecule is CCc1c(Br)cc(C)c(N)c1C. The van der Waals surface area contributed by atoms with Crippen LogP contribution in [0.5, 0.6) is 0 Å². The second-order valence-corrected chi connectivity index (χ2v) is 3.90. The van der Waals surface area contributed by atoms with Crippen LogP contribution in [0.1, 0.15) is 23.6 Å². The van der Waals surface area contributed by atoms with Gasteiger partial charge in [-0.2, -0.15) is 0 Å². The molecule has 0 heterocycles. The molecule has 0 aromatic heterocycles. The van der Waals surface area contributed by atoms with E-state index in [1.54, 1.807) is 0 Å². The fourth-order valence-corrected chi connectivity index (χ4v) is 2.35. The first-order valence-corrected chi connectivity index (χ1v) is 4.91. The average Bonchev–Trinajstić information content (AvgIpc) is 2.01. The highest BCUT2D eigenvalue weighted by atomic mass is 79.9. The van der Waals surface area contributed by atoms with Gasteiger partial charge < -0.3 is 5.73 Å². The number of anilines is 1. The van der Waals surface area contributed by atoms with Gasteiger partial charge in [0.05, 0.1) is 0 Å². The molecule has 2 N–H and O–H groups in total. The molecule has 0 radical (unpaired) electrons. The van der Waals surface area contributed by atoms with E-state index in [1.807, 2.05) is 6.92 Å². The van der Waals surface area contributed by atoms with E-state index >= 15 is 0 Å². The van der Waals surface area contributed by atoms with Crippen molar-refractivity contribution in [2.45, 2.75) is 27.2 Å². The van der Waals surface area contributed by atoms with Gasteiger partial charge in [0.15, 0.2) is 0 Å². The number of halogens is 1. The highest BCUT2D eigenvalue weighted by molar-refractivity contribution is 9.10. The van der Waals surface area contributed by atoms with E-state index in [-0.39, 0.29) is 0 Å². The minimum Gasteiger partial charge on any atom is -0.398 e. The van der Waals surface area contributed by atoms with Crippen LogP contribution in [0, 0.1) is 13.8 Å². The van der Waals surface area contributed by atoms with E-state index in [9.17, 15) is 0 Å². The van der Waals surface area contributed by atoms with E-state index < -0.39 is 0 Å². The molecule has 1 rings (SSSR count). The summed E-state index contributed by atoms with van der Waals surface area (Å²) in [6, 6.07) is 2.08. The molecule has 0 unspecified atom stereocenters. The zero-order chi connectivity index (χ0) is 9.30. The van der Waals surface area contributed by atoms with Gasteiger partial charge in [-0.25, -0.2) is 0 Å². The molecule has 0 bridgehead atoms. The van der Waals surface area contributed by atoms with Gasteiger partial charge in [-0.3, -0.25) is 0 Å². The first kappa shape index (κ1) is 9.59. The lowest BCUT2D eigenvalue weighted by Crippen LogP contribution is -1.98. The van der Waals surface area contributed by atoms with Crippen molar-refractivity contribution >= 4 is 21.6 Å². The normalized spacial score (nSPS) is 10.3. The van der Waals surface area contributed by atoms with Crippen molar-refractivity contribution in [3.63, 3.8) is 0 Å². The Morgan fingerprint density at radius 3 is 2.50 bits per heavy atom. The molecule has 0 fully saturated rings. The maximum atomic E-state index is 5.91. The predicted octanol–water partition coefficient (Wildman–Crippen LogP) is 3.21. The topological polar surface area (TPSA) is 26.0 Å². The van der Waals surface area contributed by atoms with Gasteiger partial charge in [-0.1, -0.05) is 22.9 Å². The summed E-state index contributed by atoms with van der Waals surface area (Å²) in [5.74, 6) is 0. The van der Waals surface area contributed by atoms with Gasteiger partial charge >= 0.3 is 0 Å². The van der Waals surface area contributed by atoms with Crippen LogP contribution >= 0.6 is 15.9 Å². The Hall–Kier alpha value is -0.500. The first-order valence-electron chi connectivity index (χ1n) is 4.12. The van der Waals surface area contributed by atoms with Crippen molar-refractivity contribution in [1.82, 2.24) is 0 Å². The molecular formula is C10H14BrN. The second kappa shape index (κ2) is 3.48. The van der Waals surface area contributed by atoms with Crippen LogP contribution in [0.25, 0.3) is 0 Å². The minimum atomic E-state index is 0.926. The van der Waals surface area contributed by atoms with Gasteiger partial charge in [0.25, 0.3) is 0 Å². The third-order valence-electron chi connectivity index (χ3n) is 2.27. The number of rotatable bonds is 1. The fourth-order valence-electron chi connectivity index (χ4n) is 1.43. The minimum absolute atomic E-state index is 0.926. The first-order chi connectivity index (χ1) is 5.57. The van der Waals surface area contributed by atoms with Crippen LogP contribution in [0.3, 0.4) is 0 Å². The van der Waals surface area contributed by atoms with Crippen molar-refractivity contribution in [2.75, 3.05) is 5.73 Å². The summed E-state index contributed by atoms with van der Waals surface area (Å²) in [7, 11) is 0. The summed E-state index contributed by atoms with van der Waals surface area (Å²) < 4.78 is 1.18. The number of nitrogens with two attached hydrogens (primary N) is 1. The summed E-state index contributed by atoms with van der Waals surface area (Å²) >= 11 is 3.54. The smallest absolute Gasteiger partial charge is 0.0377 e. The van der Waals surface area contributed by atoms with E-state index in [0.29, 0.717) is 0 Å². The second-order valence-electron chi connectivity index (χ2n) is 3.05. The van der Waals surface area contributed by atoms with Crippen molar-refractivity contribution < 1.29 is 0 Å². The molecule has 0 atom stereocenters. The number of benzene rings is 1. The Morgan fingerprint density at radius 1 is 1.42 bits per heavy atom. The molecule has 1 aromatic rings. The van der Waals surface area contributed by atoms with Crippen molar-refractivity contribution in [3.05, 3.63) is 27.2 Å². The Labute approximate surface area is 82.1 Å². The number of nitrogen functional groups attached to an aromatic ring is 1. The number of hydrogen-bond donors (Lipinski definition) is 1. The summed E-state index contributed by atoms with van der Waals surface area (Å²) in [6.07, 6.45) is 1.02. The molecule has 0 saturated carbocycles. The van der Waals surface area contributed by atoms with E-state index in [0.717, 1.165) is 17.7 Å². The highest BCUT2D eigenvalue weighted by Crippen LogP contribution is 2.28. The monoisotopic (exact) mass is 227 g/mol. The summed E-state index contributed by atoms with van der Waals surface area (Å²) in [5, 5.41) is 0. The largest absolute Gasteiger partial charge is 0.398 e. The average molecular weight is 228 g/mol. The van der Waals surface area contributed by atoms with E-state index in [2.05, 4.69) is 35.8 Å². The zero-order valence-electron chi connectivity index (χ0n) is 7.74. The van der Waals surface area contributed by atoms with Crippen LogP contribution in [-0.2, 0) is 6.42 Å². The molecule has 0 aliphatic heterocycles. The zero-order valence-corrected chi connectivity index (χ0v) is 9.33.